The minimum absolute atomic E-state index is 0.164. The molecule has 24 heavy (non-hydrogen) atoms. The second-order valence-electron chi connectivity index (χ2n) is 7.27. The molecular weight excluding hydrogens is 310 g/mol. The topological polar surface area (TPSA) is 87.7 Å². The Morgan fingerprint density at radius 3 is 2.29 bits per heavy atom. The van der Waals surface area contributed by atoms with Crippen LogP contribution in [0.25, 0.3) is 0 Å². The fourth-order valence-corrected chi connectivity index (χ4v) is 2.22. The normalized spacial score (nSPS) is 13.3. The number of hydrogen-bond acceptors (Lipinski definition) is 5. The summed E-state index contributed by atoms with van der Waals surface area (Å²) in [6, 6.07) is 0. The zero-order valence-electron chi connectivity index (χ0n) is 16.1. The number of amides is 3. The molecule has 0 rings (SSSR count). The van der Waals surface area contributed by atoms with Crippen LogP contribution < -0.4 is 10.9 Å². The van der Waals surface area contributed by atoms with E-state index in [4.69, 9.17) is 4.74 Å². The van der Waals surface area contributed by atoms with Gasteiger partial charge >= 0.3 is 0 Å². The Labute approximate surface area is 145 Å². The van der Waals surface area contributed by atoms with Gasteiger partial charge < -0.3 is 4.74 Å². The first kappa shape index (κ1) is 22.5. The number of hydrazine groups is 1. The number of ether oxygens (including phenoxy) is 1. The number of rotatable bonds is 11. The van der Waals surface area contributed by atoms with Crippen LogP contribution in [0, 0.1) is 5.92 Å². The van der Waals surface area contributed by atoms with E-state index in [1.54, 1.807) is 7.05 Å². The van der Waals surface area contributed by atoms with Gasteiger partial charge in [-0.05, 0) is 40.5 Å². The van der Waals surface area contributed by atoms with Crippen LogP contribution in [0.3, 0.4) is 0 Å². The zero-order valence-corrected chi connectivity index (χ0v) is 16.1. The molecule has 0 aromatic carbocycles. The van der Waals surface area contributed by atoms with Gasteiger partial charge in [-0.15, -0.1) is 0 Å². The summed E-state index contributed by atoms with van der Waals surface area (Å²) in [7, 11) is 1.62. The first-order chi connectivity index (χ1) is 11.0. The van der Waals surface area contributed by atoms with E-state index in [1.807, 2.05) is 41.5 Å². The lowest BCUT2D eigenvalue weighted by Crippen LogP contribution is -2.49. The third-order valence-electron chi connectivity index (χ3n) is 4.09. The van der Waals surface area contributed by atoms with Crippen molar-refractivity contribution in [2.24, 2.45) is 5.92 Å². The van der Waals surface area contributed by atoms with E-state index in [-0.39, 0.29) is 24.2 Å². The van der Waals surface area contributed by atoms with Crippen molar-refractivity contribution in [1.29, 1.82) is 0 Å². The average Bonchev–Trinajstić information content (AvgIpc) is 2.45. The van der Waals surface area contributed by atoms with E-state index in [2.05, 4.69) is 10.9 Å². The molecule has 0 saturated carbocycles. The Kier molecular flexibility index (Phi) is 9.14. The first-order valence-electron chi connectivity index (χ1n) is 8.38. The number of nitrogens with one attached hydrogen (secondary N) is 2. The molecule has 0 aliphatic heterocycles. The number of carbonyl (C=O) groups excluding carboxylic acids is 3. The maximum atomic E-state index is 12.3. The van der Waals surface area contributed by atoms with Crippen LogP contribution in [0.2, 0.25) is 0 Å². The smallest absolute Gasteiger partial charge is 0.236 e. The molecule has 0 aliphatic carbocycles. The molecule has 0 spiro atoms. The fourth-order valence-electron chi connectivity index (χ4n) is 2.22. The Bertz CT molecular complexity index is 436. The van der Waals surface area contributed by atoms with Crippen LogP contribution in [-0.4, -0.2) is 47.9 Å². The summed E-state index contributed by atoms with van der Waals surface area (Å²) in [5.74, 6) is -0.537. The molecular formula is C17H33N3O4. The monoisotopic (exact) mass is 343 g/mol. The summed E-state index contributed by atoms with van der Waals surface area (Å²) < 4.78 is 5.80. The molecule has 0 radical (unpaired) electrons. The van der Waals surface area contributed by atoms with Gasteiger partial charge in [0.1, 0.15) is 0 Å². The SMILES string of the molecule is CCC(C)C(=O)N(C=O)C(C)(C)CCOC(C)(C)CC(=O)NNC. The van der Waals surface area contributed by atoms with Gasteiger partial charge in [0, 0.05) is 25.1 Å². The fraction of sp³-hybridized carbons (Fsp3) is 0.824. The van der Waals surface area contributed by atoms with Crippen molar-refractivity contribution in [2.75, 3.05) is 13.7 Å². The van der Waals surface area contributed by atoms with Gasteiger partial charge in [0.25, 0.3) is 0 Å². The molecule has 0 aromatic heterocycles. The van der Waals surface area contributed by atoms with Gasteiger partial charge in [-0.3, -0.25) is 24.7 Å². The summed E-state index contributed by atoms with van der Waals surface area (Å²) >= 11 is 0. The van der Waals surface area contributed by atoms with Gasteiger partial charge in [-0.2, -0.15) is 0 Å². The number of imide groups is 1. The van der Waals surface area contributed by atoms with Crippen molar-refractivity contribution < 1.29 is 19.1 Å². The number of nitrogens with zero attached hydrogens (tertiary/aromatic N) is 1. The van der Waals surface area contributed by atoms with Crippen LogP contribution in [0.1, 0.15) is 60.8 Å². The average molecular weight is 343 g/mol. The molecule has 7 heteroatoms. The Morgan fingerprint density at radius 2 is 1.83 bits per heavy atom. The van der Waals surface area contributed by atoms with Gasteiger partial charge in [-0.1, -0.05) is 13.8 Å². The zero-order chi connectivity index (χ0) is 19.0. The molecule has 0 fully saturated rings. The maximum Gasteiger partial charge on any atom is 0.236 e. The highest BCUT2D eigenvalue weighted by Crippen LogP contribution is 2.23. The van der Waals surface area contributed by atoms with Crippen LogP contribution in [-0.2, 0) is 19.1 Å². The summed E-state index contributed by atoms with van der Waals surface area (Å²) in [5, 5.41) is 0. The van der Waals surface area contributed by atoms with Crippen LogP contribution in [0.15, 0.2) is 0 Å². The van der Waals surface area contributed by atoms with E-state index in [0.717, 1.165) is 0 Å². The number of carbonyl (C=O) groups is 3. The second-order valence-corrected chi connectivity index (χ2v) is 7.27. The molecule has 1 atom stereocenters. The largest absolute Gasteiger partial charge is 0.375 e. The lowest BCUT2D eigenvalue weighted by Gasteiger charge is -2.36. The quantitative estimate of drug-likeness (QED) is 0.440. The van der Waals surface area contributed by atoms with Gasteiger partial charge in [0.2, 0.25) is 18.2 Å². The third kappa shape index (κ3) is 7.40. The van der Waals surface area contributed by atoms with Crippen molar-refractivity contribution in [3.8, 4) is 0 Å². The standard InChI is InChI=1S/C17H33N3O4/c1-8-13(2)15(23)20(12-21)16(3,4)9-10-24-17(5,6)11-14(22)19-18-7/h12-13,18H,8-11H2,1-7H3,(H,19,22). The van der Waals surface area contributed by atoms with E-state index in [0.29, 0.717) is 25.9 Å². The summed E-state index contributed by atoms with van der Waals surface area (Å²) in [5.41, 5.74) is 3.80. The number of hydrogen-bond donors (Lipinski definition) is 2. The molecule has 2 N–H and O–H groups in total. The van der Waals surface area contributed by atoms with Crippen molar-refractivity contribution in [2.45, 2.75) is 71.9 Å². The van der Waals surface area contributed by atoms with E-state index in [9.17, 15) is 14.4 Å². The maximum absolute atomic E-state index is 12.3. The highest BCUT2D eigenvalue weighted by Gasteiger charge is 2.33. The molecule has 0 aromatic rings. The van der Waals surface area contributed by atoms with E-state index in [1.165, 1.54) is 4.90 Å². The predicted octanol–water partition coefficient (Wildman–Crippen LogP) is 1.62. The molecule has 3 amide bonds. The predicted molar refractivity (Wildman–Crippen MR) is 92.9 cm³/mol. The molecule has 0 bridgehead atoms. The van der Waals surface area contributed by atoms with Gasteiger partial charge in [-0.25, -0.2) is 5.43 Å². The Balaban J connectivity index is 4.67. The van der Waals surface area contributed by atoms with Crippen molar-refractivity contribution >= 4 is 18.2 Å². The molecule has 0 heterocycles. The molecule has 7 nitrogen and oxygen atoms in total. The summed E-state index contributed by atoms with van der Waals surface area (Å²) in [4.78, 5) is 36.6. The summed E-state index contributed by atoms with van der Waals surface area (Å²) in [6.07, 6.45) is 1.98. The third-order valence-corrected chi connectivity index (χ3v) is 4.09. The van der Waals surface area contributed by atoms with Crippen molar-refractivity contribution in [3.05, 3.63) is 0 Å². The highest BCUT2D eigenvalue weighted by atomic mass is 16.5. The van der Waals surface area contributed by atoms with Gasteiger partial charge in [0.05, 0.1) is 12.0 Å². The van der Waals surface area contributed by atoms with Crippen molar-refractivity contribution in [3.63, 3.8) is 0 Å². The van der Waals surface area contributed by atoms with Gasteiger partial charge in [0.15, 0.2) is 0 Å². The van der Waals surface area contributed by atoms with Crippen molar-refractivity contribution in [1.82, 2.24) is 15.8 Å². The molecule has 0 aliphatic rings. The Hall–Kier alpha value is -1.47. The lowest BCUT2D eigenvalue weighted by atomic mass is 9.96. The highest BCUT2D eigenvalue weighted by molar-refractivity contribution is 5.88. The van der Waals surface area contributed by atoms with Crippen LogP contribution in [0.4, 0.5) is 0 Å². The van der Waals surface area contributed by atoms with E-state index >= 15 is 0 Å². The second kappa shape index (κ2) is 9.74. The molecule has 1 unspecified atom stereocenters. The minimum atomic E-state index is -0.647. The van der Waals surface area contributed by atoms with E-state index < -0.39 is 11.1 Å². The lowest BCUT2D eigenvalue weighted by molar-refractivity contribution is -0.148. The first-order valence-corrected chi connectivity index (χ1v) is 8.38. The minimum Gasteiger partial charge on any atom is -0.375 e. The Morgan fingerprint density at radius 1 is 1.25 bits per heavy atom. The van der Waals surface area contributed by atoms with Crippen LogP contribution in [0.5, 0.6) is 0 Å². The molecule has 140 valence electrons. The molecule has 0 saturated heterocycles. The van der Waals surface area contributed by atoms with Crippen LogP contribution >= 0.6 is 0 Å². The summed E-state index contributed by atoms with van der Waals surface area (Å²) in [6.45, 7) is 11.4.